The molecule has 0 aromatic heterocycles. The second-order valence-electron chi connectivity index (χ2n) is 9.47. The highest BCUT2D eigenvalue weighted by Gasteiger charge is 2.44. The monoisotopic (exact) mass is 364 g/mol. The van der Waals surface area contributed by atoms with E-state index in [1.54, 1.807) is 0 Å². The number of rotatable bonds is 5. The van der Waals surface area contributed by atoms with Crippen molar-refractivity contribution in [3.8, 4) is 0 Å². The molecule has 26 heavy (non-hydrogen) atoms. The number of esters is 2. The van der Waals surface area contributed by atoms with Gasteiger partial charge in [-0.25, -0.2) is 0 Å². The summed E-state index contributed by atoms with van der Waals surface area (Å²) in [6, 6.07) is 0. The highest BCUT2D eigenvalue weighted by atomic mass is 16.5. The minimum Gasteiger partial charge on any atom is -0.466 e. The summed E-state index contributed by atoms with van der Waals surface area (Å²) in [5, 5.41) is 0. The molecule has 0 aromatic carbocycles. The fourth-order valence-corrected chi connectivity index (χ4v) is 5.42. The van der Waals surface area contributed by atoms with Gasteiger partial charge in [0.05, 0.1) is 13.2 Å². The van der Waals surface area contributed by atoms with Crippen LogP contribution in [0, 0.1) is 28.6 Å². The molecule has 0 N–H and O–H groups in total. The third kappa shape index (κ3) is 5.11. The van der Waals surface area contributed by atoms with E-state index >= 15 is 0 Å². The van der Waals surface area contributed by atoms with Crippen LogP contribution in [-0.4, -0.2) is 25.2 Å². The van der Waals surface area contributed by atoms with Crippen LogP contribution in [0.4, 0.5) is 0 Å². The molecular formula is C22H36O4. The maximum absolute atomic E-state index is 11.4. The topological polar surface area (TPSA) is 52.6 Å². The fraction of sp³-hybridized carbons (Fsp3) is 0.818. The maximum Gasteiger partial charge on any atom is 0.302 e. The lowest BCUT2D eigenvalue weighted by Crippen LogP contribution is -2.41. The molecule has 4 atom stereocenters. The summed E-state index contributed by atoms with van der Waals surface area (Å²) in [4.78, 5) is 22.6. The quantitative estimate of drug-likeness (QED) is 0.513. The molecule has 0 saturated heterocycles. The average Bonchev–Trinajstić information content (AvgIpc) is 2.50. The Morgan fingerprint density at radius 1 is 1.08 bits per heavy atom. The molecular weight excluding hydrogens is 328 g/mol. The Balaban J connectivity index is 2.22. The third-order valence-electron chi connectivity index (χ3n) is 6.51. The van der Waals surface area contributed by atoms with Gasteiger partial charge in [0, 0.05) is 25.7 Å². The van der Waals surface area contributed by atoms with Crippen LogP contribution in [0.15, 0.2) is 11.6 Å². The van der Waals surface area contributed by atoms with Crippen molar-refractivity contribution < 1.29 is 19.1 Å². The number of allylic oxidation sites excluding steroid dienone is 2. The normalized spacial score (nSPS) is 33.9. The molecule has 2 rings (SSSR count). The number of hydrogen-bond acceptors (Lipinski definition) is 4. The Morgan fingerprint density at radius 2 is 1.69 bits per heavy atom. The number of ether oxygens (including phenoxy) is 2. The van der Waals surface area contributed by atoms with Gasteiger partial charge in [0.15, 0.2) is 0 Å². The van der Waals surface area contributed by atoms with Gasteiger partial charge in [-0.3, -0.25) is 9.59 Å². The second kappa shape index (κ2) is 8.14. The molecule has 4 heteroatoms. The molecule has 2 unspecified atom stereocenters. The zero-order valence-corrected chi connectivity index (χ0v) is 17.4. The molecule has 1 saturated carbocycles. The number of carbonyl (C=O) groups excluding carboxylic acids is 2. The summed E-state index contributed by atoms with van der Waals surface area (Å²) >= 11 is 0. The van der Waals surface area contributed by atoms with Crippen molar-refractivity contribution in [2.75, 3.05) is 13.2 Å². The molecule has 148 valence electrons. The van der Waals surface area contributed by atoms with Crippen molar-refractivity contribution in [1.82, 2.24) is 0 Å². The van der Waals surface area contributed by atoms with Crippen LogP contribution in [0.5, 0.6) is 0 Å². The lowest BCUT2D eigenvalue weighted by Gasteiger charge is -2.49. The van der Waals surface area contributed by atoms with E-state index in [0.29, 0.717) is 24.5 Å². The van der Waals surface area contributed by atoms with Crippen LogP contribution in [0.2, 0.25) is 0 Å². The summed E-state index contributed by atoms with van der Waals surface area (Å²) in [6.45, 7) is 13.1. The van der Waals surface area contributed by atoms with Gasteiger partial charge in [-0.2, -0.15) is 0 Å². The van der Waals surface area contributed by atoms with Crippen molar-refractivity contribution in [1.29, 1.82) is 0 Å². The Labute approximate surface area is 158 Å². The predicted octanol–water partition coefficient (Wildman–Crippen LogP) is 4.92. The Kier molecular flexibility index (Phi) is 6.57. The lowest BCUT2D eigenvalue weighted by molar-refractivity contribution is -0.148. The van der Waals surface area contributed by atoms with Crippen LogP contribution < -0.4 is 0 Å². The molecule has 1 fully saturated rings. The maximum atomic E-state index is 11.4. The zero-order valence-electron chi connectivity index (χ0n) is 17.4. The van der Waals surface area contributed by atoms with Gasteiger partial charge >= 0.3 is 11.9 Å². The van der Waals surface area contributed by atoms with Gasteiger partial charge in [-0.15, -0.1) is 0 Å². The molecule has 0 amide bonds. The molecule has 0 heterocycles. The van der Waals surface area contributed by atoms with E-state index in [0.717, 1.165) is 6.42 Å². The highest BCUT2D eigenvalue weighted by Crippen LogP contribution is 2.54. The van der Waals surface area contributed by atoms with Gasteiger partial charge in [0.2, 0.25) is 0 Å². The van der Waals surface area contributed by atoms with E-state index in [1.165, 1.54) is 45.1 Å². The van der Waals surface area contributed by atoms with E-state index in [-0.39, 0.29) is 29.2 Å². The first-order chi connectivity index (χ1) is 12.0. The molecule has 2 aliphatic rings. The zero-order chi connectivity index (χ0) is 19.5. The summed E-state index contributed by atoms with van der Waals surface area (Å²) in [6.07, 6.45) is 8.25. The smallest absolute Gasteiger partial charge is 0.302 e. The number of carbonyl (C=O) groups is 2. The van der Waals surface area contributed by atoms with Crippen molar-refractivity contribution in [3.63, 3.8) is 0 Å². The van der Waals surface area contributed by atoms with Crippen LogP contribution >= 0.6 is 0 Å². The van der Waals surface area contributed by atoms with E-state index < -0.39 is 0 Å². The Morgan fingerprint density at radius 3 is 2.27 bits per heavy atom. The van der Waals surface area contributed by atoms with Gasteiger partial charge in [-0.05, 0) is 42.4 Å². The van der Waals surface area contributed by atoms with Crippen LogP contribution in [0.3, 0.4) is 0 Å². The molecule has 4 nitrogen and oxygen atoms in total. The summed E-state index contributed by atoms with van der Waals surface area (Å²) in [7, 11) is 0. The largest absolute Gasteiger partial charge is 0.466 e. The first-order valence-corrected chi connectivity index (χ1v) is 10.0. The molecule has 2 aliphatic carbocycles. The first-order valence-electron chi connectivity index (χ1n) is 10.0. The van der Waals surface area contributed by atoms with Crippen LogP contribution in [-0.2, 0) is 19.1 Å². The second-order valence-corrected chi connectivity index (χ2v) is 9.47. The van der Waals surface area contributed by atoms with Crippen molar-refractivity contribution in [3.05, 3.63) is 11.6 Å². The Hall–Kier alpha value is -1.32. The predicted molar refractivity (Wildman–Crippen MR) is 102 cm³/mol. The third-order valence-corrected chi connectivity index (χ3v) is 6.51. The molecule has 0 aliphatic heterocycles. The van der Waals surface area contributed by atoms with Gasteiger partial charge in [0.1, 0.15) is 0 Å². The SMILES string of the molecule is CC(=O)OC[C@@H]1CC=C(C2(C)CCCC(C)(C)C2)C(C)[C@@H]1COC(C)=O. The van der Waals surface area contributed by atoms with Crippen molar-refractivity contribution >= 4 is 11.9 Å². The molecule has 0 bridgehead atoms. The van der Waals surface area contributed by atoms with Gasteiger partial charge in [-0.1, -0.05) is 45.8 Å². The average molecular weight is 365 g/mol. The van der Waals surface area contributed by atoms with Crippen molar-refractivity contribution in [2.45, 2.75) is 73.6 Å². The highest BCUT2D eigenvalue weighted by molar-refractivity contribution is 5.66. The first kappa shape index (κ1) is 21.0. The molecule has 0 aromatic rings. The van der Waals surface area contributed by atoms with E-state index in [9.17, 15) is 9.59 Å². The standard InChI is InChI=1S/C22H36O4/c1-15-19(13-26-17(3)24)18(12-25-16(2)23)8-9-20(15)22(6)11-7-10-21(4,5)14-22/h9,15,18-19H,7-8,10-14H2,1-6H3/t15?,18-,19-,22?/m0/s1. The van der Waals surface area contributed by atoms with Gasteiger partial charge < -0.3 is 9.47 Å². The van der Waals surface area contributed by atoms with E-state index in [2.05, 4.69) is 33.8 Å². The van der Waals surface area contributed by atoms with Gasteiger partial charge in [0.25, 0.3) is 0 Å². The van der Waals surface area contributed by atoms with Crippen LogP contribution in [0.25, 0.3) is 0 Å². The minimum atomic E-state index is -0.250. The Bertz CT molecular complexity index is 562. The molecule has 0 spiro atoms. The minimum absolute atomic E-state index is 0.195. The van der Waals surface area contributed by atoms with E-state index in [1.807, 2.05) is 0 Å². The van der Waals surface area contributed by atoms with Crippen molar-refractivity contribution in [2.24, 2.45) is 28.6 Å². The fourth-order valence-electron chi connectivity index (χ4n) is 5.42. The summed E-state index contributed by atoms with van der Waals surface area (Å²) < 4.78 is 10.7. The molecule has 0 radical (unpaired) electrons. The van der Waals surface area contributed by atoms with E-state index in [4.69, 9.17) is 9.47 Å². The van der Waals surface area contributed by atoms with Crippen LogP contribution in [0.1, 0.15) is 73.6 Å². The summed E-state index contributed by atoms with van der Waals surface area (Å²) in [5.74, 6) is 0.226. The lowest BCUT2D eigenvalue weighted by atomic mass is 9.56. The summed E-state index contributed by atoms with van der Waals surface area (Å²) in [5.41, 5.74) is 2.09. The number of hydrogen-bond donors (Lipinski definition) is 0.